The van der Waals surface area contributed by atoms with Crippen LogP contribution in [0.15, 0.2) is 0 Å². The number of urea groups is 1. The second-order valence-corrected chi connectivity index (χ2v) is 28.6. The number of amides is 3. The normalized spacial score (nSPS) is 11.8. The summed E-state index contributed by atoms with van der Waals surface area (Å²) in [4.78, 5) is 73.2. The van der Waals surface area contributed by atoms with Crippen LogP contribution in [0.2, 0.25) is 18.8 Å². The average molecular weight is 763 g/mol. The zero-order valence-electron chi connectivity index (χ0n) is 30.3. The zero-order chi connectivity index (χ0) is 35.0. The molecule has 0 aromatic heterocycles. The monoisotopic (exact) mass is 763 g/mol. The van der Waals surface area contributed by atoms with E-state index in [2.05, 4.69) is 28.7 Å². The molecule has 0 aliphatic rings. The van der Waals surface area contributed by atoms with E-state index in [0.717, 1.165) is 51.4 Å². The molecule has 0 saturated heterocycles. The Morgan fingerprint density at radius 2 is 1.11 bits per heavy atom. The molecule has 0 radical (unpaired) electrons. The van der Waals surface area contributed by atoms with Crippen LogP contribution in [-0.2, 0) is 33.4 Å². The van der Waals surface area contributed by atoms with Gasteiger partial charge in [-0.05, 0) is 13.8 Å². The third-order valence-electron chi connectivity index (χ3n) is 8.00. The SMILES string of the molecule is CCCCCCCCN(C(=O)N(CCC(=O)OCC)CCC(=O)OCC[CH](CCC)[Sn]([CH3])([CH3])[CH3])N(CCC(=O)OCC)C(=O)CC. The van der Waals surface area contributed by atoms with Crippen LogP contribution in [0.1, 0.15) is 118 Å². The number of esters is 3. The van der Waals surface area contributed by atoms with Gasteiger partial charge in [-0.15, -0.1) is 0 Å². The third-order valence-corrected chi connectivity index (χ3v) is 16.6. The van der Waals surface area contributed by atoms with Crippen molar-refractivity contribution in [2.24, 2.45) is 0 Å². The van der Waals surface area contributed by atoms with Gasteiger partial charge in [-0.2, -0.15) is 0 Å². The van der Waals surface area contributed by atoms with Crippen molar-refractivity contribution < 1.29 is 38.2 Å². The van der Waals surface area contributed by atoms with Gasteiger partial charge in [0.05, 0.1) is 19.6 Å². The number of ether oxygens (including phenoxy) is 3. The maximum absolute atomic E-state index is 14.2. The van der Waals surface area contributed by atoms with E-state index in [1.165, 1.54) is 14.9 Å². The van der Waals surface area contributed by atoms with Crippen molar-refractivity contribution in [2.45, 2.75) is 137 Å². The van der Waals surface area contributed by atoms with Crippen molar-refractivity contribution in [1.82, 2.24) is 14.9 Å². The molecule has 0 aromatic rings. The number of rotatable bonds is 25. The molecule has 0 aliphatic carbocycles. The van der Waals surface area contributed by atoms with Gasteiger partial charge < -0.3 is 4.74 Å². The molecule has 1 atom stereocenters. The van der Waals surface area contributed by atoms with E-state index < -0.39 is 42.3 Å². The van der Waals surface area contributed by atoms with Crippen LogP contribution >= 0.6 is 0 Å². The van der Waals surface area contributed by atoms with Gasteiger partial charge in [0.25, 0.3) is 0 Å². The zero-order valence-corrected chi connectivity index (χ0v) is 33.2. The van der Waals surface area contributed by atoms with Crippen LogP contribution in [0, 0.1) is 0 Å². The molecule has 11 nitrogen and oxygen atoms in total. The number of carbonyl (C=O) groups excluding carboxylic acids is 5. The van der Waals surface area contributed by atoms with Crippen LogP contribution in [0.25, 0.3) is 0 Å². The standard InChI is InChI=1S/C31H56N3O8.3CH3.Sn/c1-6-11-13-15-16-17-22-34(33(27(35)8-3)25-21-29(37)41-10-5)31(39)32(23-19-28(36)40-9-4)24-20-30(38)42-26-18-14-12-7-2;;;;/h14H,6-13,15-26H2,1-5H3;3*1H3;. The van der Waals surface area contributed by atoms with Crippen LogP contribution < -0.4 is 0 Å². The fourth-order valence-corrected chi connectivity index (χ4v) is 11.4. The molecule has 46 heavy (non-hydrogen) atoms. The minimum absolute atomic E-state index is 0.0149. The Morgan fingerprint density at radius 3 is 1.61 bits per heavy atom. The van der Waals surface area contributed by atoms with Gasteiger partial charge in [0, 0.05) is 6.42 Å². The van der Waals surface area contributed by atoms with E-state index in [9.17, 15) is 24.0 Å². The van der Waals surface area contributed by atoms with Crippen molar-refractivity contribution in [2.75, 3.05) is 46.0 Å². The van der Waals surface area contributed by atoms with Gasteiger partial charge in [-0.3, -0.25) is 9.59 Å². The molecular weight excluding hydrogens is 697 g/mol. The second kappa shape index (κ2) is 26.0. The summed E-state index contributed by atoms with van der Waals surface area (Å²) in [6.07, 6.45) is 8.98. The maximum atomic E-state index is 14.2. The average Bonchev–Trinajstić information content (AvgIpc) is 3.00. The number of carbonyl (C=O) groups is 5. The molecule has 0 N–H and O–H groups in total. The summed E-state index contributed by atoms with van der Waals surface area (Å²) < 4.78 is 16.4. The first-order chi connectivity index (χ1) is 21.9. The van der Waals surface area contributed by atoms with E-state index in [-0.39, 0.29) is 71.0 Å². The summed E-state index contributed by atoms with van der Waals surface area (Å²) in [5.41, 5.74) is 0. The van der Waals surface area contributed by atoms with Gasteiger partial charge in [0.1, 0.15) is 0 Å². The summed E-state index contributed by atoms with van der Waals surface area (Å²) in [5, 5.41) is 2.71. The Hall–Kier alpha value is -2.05. The van der Waals surface area contributed by atoms with E-state index in [1.807, 2.05) is 0 Å². The molecule has 0 heterocycles. The molecule has 1 unspecified atom stereocenters. The van der Waals surface area contributed by atoms with Gasteiger partial charge in [0.15, 0.2) is 0 Å². The molecule has 0 aliphatic heterocycles. The number of hydrazine groups is 1. The van der Waals surface area contributed by atoms with E-state index >= 15 is 0 Å². The predicted octanol–water partition coefficient (Wildman–Crippen LogP) is 6.96. The molecule has 0 bridgehead atoms. The minimum atomic E-state index is -2.16. The van der Waals surface area contributed by atoms with Crippen LogP contribution in [0.3, 0.4) is 0 Å². The molecule has 0 aromatic carbocycles. The number of hydrogen-bond acceptors (Lipinski definition) is 8. The molecular formula is C34H65N3O8Sn. The number of hydrogen-bond donors (Lipinski definition) is 0. The van der Waals surface area contributed by atoms with Gasteiger partial charge >= 0.3 is 184 Å². The van der Waals surface area contributed by atoms with Crippen LogP contribution in [0.4, 0.5) is 4.79 Å². The Balaban J connectivity index is 5.92. The molecule has 0 rings (SSSR count). The predicted molar refractivity (Wildman–Crippen MR) is 184 cm³/mol. The molecule has 0 saturated carbocycles. The summed E-state index contributed by atoms with van der Waals surface area (Å²) in [7, 11) is 0. The summed E-state index contributed by atoms with van der Waals surface area (Å²) in [6, 6.07) is -0.499. The number of nitrogens with zero attached hydrogens (tertiary/aromatic N) is 3. The van der Waals surface area contributed by atoms with E-state index in [1.54, 1.807) is 20.8 Å². The first-order valence-electron chi connectivity index (χ1n) is 17.7. The summed E-state index contributed by atoms with van der Waals surface area (Å²) in [6.45, 7) is 10.5. The molecule has 12 heteroatoms. The first-order valence-corrected chi connectivity index (χ1v) is 27.9. The number of unbranched alkanes of at least 4 members (excludes halogenated alkanes) is 5. The quantitative estimate of drug-likeness (QED) is 0.0322. The fourth-order valence-electron chi connectivity index (χ4n) is 5.25. The molecule has 268 valence electrons. The Morgan fingerprint density at radius 1 is 0.587 bits per heavy atom. The second-order valence-electron chi connectivity index (χ2n) is 12.8. The summed E-state index contributed by atoms with van der Waals surface area (Å²) >= 11 is -2.16. The Kier molecular flexibility index (Phi) is 24.8. The fraction of sp³-hybridized carbons (Fsp3) is 0.853. The Bertz CT molecular complexity index is 896. The first kappa shape index (κ1) is 43.9. The topological polar surface area (TPSA) is 123 Å². The Labute approximate surface area is 283 Å². The van der Waals surface area contributed by atoms with E-state index in [4.69, 9.17) is 14.2 Å². The smallest absolute Gasteiger partial charge is 0.466 e. The van der Waals surface area contributed by atoms with Crippen molar-refractivity contribution in [1.29, 1.82) is 0 Å². The van der Waals surface area contributed by atoms with Gasteiger partial charge in [0.2, 0.25) is 0 Å². The van der Waals surface area contributed by atoms with Crippen molar-refractivity contribution >= 4 is 48.2 Å². The van der Waals surface area contributed by atoms with E-state index in [0.29, 0.717) is 17.0 Å². The minimum Gasteiger partial charge on any atom is -0.466 e. The van der Waals surface area contributed by atoms with Crippen LogP contribution in [-0.4, -0.2) is 109 Å². The molecule has 0 spiro atoms. The van der Waals surface area contributed by atoms with Gasteiger partial charge in [-0.1, -0.05) is 46.0 Å². The molecule has 3 amide bonds. The van der Waals surface area contributed by atoms with Crippen molar-refractivity contribution in [3.8, 4) is 0 Å². The van der Waals surface area contributed by atoms with Crippen LogP contribution in [0.5, 0.6) is 0 Å². The van der Waals surface area contributed by atoms with Gasteiger partial charge in [-0.25, -0.2) is 0 Å². The summed E-state index contributed by atoms with van der Waals surface area (Å²) in [5.74, 6) is -1.62. The van der Waals surface area contributed by atoms with Crippen molar-refractivity contribution in [3.63, 3.8) is 0 Å². The molecule has 0 fully saturated rings. The van der Waals surface area contributed by atoms with Crippen molar-refractivity contribution in [3.05, 3.63) is 0 Å². The third kappa shape index (κ3) is 19.6.